The van der Waals surface area contributed by atoms with Crippen LogP contribution in [0.3, 0.4) is 0 Å². The first-order chi connectivity index (χ1) is 14.7. The molecule has 3 N–H and O–H groups in total. The van der Waals surface area contributed by atoms with Crippen molar-refractivity contribution < 1.29 is 22.7 Å². The molecule has 1 fully saturated rings. The molecule has 31 heavy (non-hydrogen) atoms. The Morgan fingerprint density at radius 1 is 1.19 bits per heavy atom. The van der Waals surface area contributed by atoms with Gasteiger partial charge in [-0.1, -0.05) is 0 Å². The summed E-state index contributed by atoms with van der Waals surface area (Å²) < 4.78 is 37.7. The number of hydrogen-bond acceptors (Lipinski definition) is 7. The molecule has 2 aromatic rings. The van der Waals surface area contributed by atoms with Crippen molar-refractivity contribution in [2.75, 3.05) is 32.6 Å². The minimum absolute atomic E-state index is 0.0542. The van der Waals surface area contributed by atoms with Gasteiger partial charge in [0, 0.05) is 24.8 Å². The van der Waals surface area contributed by atoms with E-state index in [0.717, 1.165) is 4.31 Å². The Morgan fingerprint density at radius 3 is 2.58 bits per heavy atom. The minimum Gasteiger partial charge on any atom is -0.497 e. The molecule has 3 rings (SSSR count). The number of H-pyrrole nitrogens is 2. The Kier molecular flexibility index (Phi) is 6.51. The summed E-state index contributed by atoms with van der Waals surface area (Å²) in [6, 6.07) is 4.95. The number of benzene rings is 1. The smallest absolute Gasteiger partial charge is 0.325 e. The predicted molar refractivity (Wildman–Crippen MR) is 112 cm³/mol. The molecule has 12 heteroatoms. The molecule has 1 aromatic heterocycles. The van der Waals surface area contributed by atoms with Crippen LogP contribution in [0.4, 0.5) is 5.69 Å². The minimum atomic E-state index is -4.21. The van der Waals surface area contributed by atoms with Gasteiger partial charge in [0.15, 0.2) is 4.90 Å². The lowest BCUT2D eigenvalue weighted by Crippen LogP contribution is -2.45. The van der Waals surface area contributed by atoms with E-state index in [1.165, 1.54) is 21.1 Å². The highest BCUT2D eigenvalue weighted by molar-refractivity contribution is 7.89. The van der Waals surface area contributed by atoms with Crippen LogP contribution in [-0.2, 0) is 14.8 Å². The van der Waals surface area contributed by atoms with Crippen LogP contribution in [0.2, 0.25) is 0 Å². The van der Waals surface area contributed by atoms with Crippen LogP contribution in [0.1, 0.15) is 18.5 Å². The van der Waals surface area contributed by atoms with Crippen molar-refractivity contribution in [3.8, 4) is 11.5 Å². The van der Waals surface area contributed by atoms with Gasteiger partial charge in [-0.25, -0.2) is 13.2 Å². The lowest BCUT2D eigenvalue weighted by Gasteiger charge is -2.31. The number of carbonyl (C=O) groups is 1. The van der Waals surface area contributed by atoms with Crippen LogP contribution in [-0.4, -0.2) is 55.9 Å². The number of piperidine rings is 1. The van der Waals surface area contributed by atoms with Crippen molar-refractivity contribution in [1.29, 1.82) is 0 Å². The highest BCUT2D eigenvalue weighted by Gasteiger charge is 2.36. The number of ether oxygens (including phenoxy) is 2. The van der Waals surface area contributed by atoms with Gasteiger partial charge < -0.3 is 19.8 Å². The fraction of sp³-hybridized carbons (Fsp3) is 0.421. The lowest BCUT2D eigenvalue weighted by atomic mass is 9.98. The molecular formula is C19H24N4O7S. The maximum Gasteiger partial charge on any atom is 0.325 e. The average Bonchev–Trinajstić information content (AvgIpc) is 2.72. The predicted octanol–water partition coefficient (Wildman–Crippen LogP) is 0.428. The van der Waals surface area contributed by atoms with Crippen molar-refractivity contribution in [1.82, 2.24) is 14.3 Å². The monoisotopic (exact) mass is 452 g/mol. The highest BCUT2D eigenvalue weighted by atomic mass is 32.2. The van der Waals surface area contributed by atoms with Gasteiger partial charge in [-0.3, -0.25) is 14.6 Å². The van der Waals surface area contributed by atoms with E-state index in [0.29, 0.717) is 30.0 Å². The second-order valence-electron chi connectivity index (χ2n) is 7.12. The zero-order valence-electron chi connectivity index (χ0n) is 17.4. The van der Waals surface area contributed by atoms with Gasteiger partial charge in [0.25, 0.3) is 5.56 Å². The Morgan fingerprint density at radius 2 is 1.94 bits per heavy atom. The fourth-order valence-corrected chi connectivity index (χ4v) is 5.28. The number of aryl methyl sites for hydroxylation is 1. The molecule has 1 aliphatic rings. The summed E-state index contributed by atoms with van der Waals surface area (Å²) in [6.45, 7) is 1.40. The third-order valence-corrected chi connectivity index (χ3v) is 7.11. The molecule has 168 valence electrons. The van der Waals surface area contributed by atoms with Gasteiger partial charge in [-0.05, 0) is 31.9 Å². The van der Waals surface area contributed by atoms with Crippen molar-refractivity contribution in [2.24, 2.45) is 5.92 Å². The van der Waals surface area contributed by atoms with Crippen LogP contribution < -0.4 is 26.0 Å². The second-order valence-corrected chi connectivity index (χ2v) is 8.99. The number of nitrogens with zero attached hydrogens (tertiary/aromatic N) is 1. The van der Waals surface area contributed by atoms with Crippen molar-refractivity contribution >= 4 is 21.6 Å². The normalized spacial score (nSPS) is 17.2. The summed E-state index contributed by atoms with van der Waals surface area (Å²) >= 11 is 0. The van der Waals surface area contributed by atoms with E-state index in [1.54, 1.807) is 18.2 Å². The summed E-state index contributed by atoms with van der Waals surface area (Å²) in [5, 5.41) is 2.77. The Labute approximate surface area is 178 Å². The molecule has 0 saturated carbocycles. The summed E-state index contributed by atoms with van der Waals surface area (Å²) in [5.74, 6) is -0.0540. The first-order valence-corrected chi connectivity index (χ1v) is 11.0. The van der Waals surface area contributed by atoms with E-state index in [2.05, 4.69) is 10.3 Å². The Balaban J connectivity index is 1.83. The van der Waals surface area contributed by atoms with Crippen LogP contribution in [0.15, 0.2) is 32.7 Å². The van der Waals surface area contributed by atoms with E-state index in [1.807, 2.05) is 4.98 Å². The number of carbonyl (C=O) groups excluding carboxylic acids is 1. The molecule has 0 aliphatic carbocycles. The van der Waals surface area contributed by atoms with E-state index in [-0.39, 0.29) is 24.7 Å². The number of hydrogen-bond donors (Lipinski definition) is 3. The molecule has 0 unspecified atom stereocenters. The molecule has 1 aromatic carbocycles. The number of aromatic amines is 2. The maximum absolute atomic E-state index is 13.1. The molecular weight excluding hydrogens is 428 g/mol. The standard InChI is InChI=1S/C19H24N4O7S/c1-11-16(18(25)22-19(26)20-11)31(27,28)23-8-4-5-12(10-23)17(24)21-14-9-13(29-2)6-7-15(14)30-3/h6-7,9,12H,4-5,8,10H2,1-3H3,(H,21,24)(H2,20,22,25,26)/t12-/m1/s1. The molecule has 1 aliphatic heterocycles. The Hall–Kier alpha value is -3.12. The first-order valence-electron chi connectivity index (χ1n) is 9.53. The van der Waals surface area contributed by atoms with Crippen LogP contribution in [0, 0.1) is 12.8 Å². The van der Waals surface area contributed by atoms with E-state index >= 15 is 0 Å². The van der Waals surface area contributed by atoms with Crippen molar-refractivity contribution in [3.05, 3.63) is 44.7 Å². The largest absolute Gasteiger partial charge is 0.497 e. The molecule has 1 saturated heterocycles. The summed E-state index contributed by atoms with van der Waals surface area (Å²) in [5.41, 5.74) is -1.43. The van der Waals surface area contributed by atoms with Crippen LogP contribution in [0.5, 0.6) is 11.5 Å². The van der Waals surface area contributed by atoms with E-state index in [4.69, 9.17) is 9.47 Å². The fourth-order valence-electron chi connectivity index (χ4n) is 3.55. The molecule has 11 nitrogen and oxygen atoms in total. The summed E-state index contributed by atoms with van der Waals surface area (Å²) in [6.07, 6.45) is 0.915. The topological polar surface area (TPSA) is 151 Å². The number of aromatic nitrogens is 2. The summed E-state index contributed by atoms with van der Waals surface area (Å²) in [7, 11) is -1.24. The third-order valence-electron chi connectivity index (χ3n) is 5.09. The van der Waals surface area contributed by atoms with Crippen molar-refractivity contribution in [3.63, 3.8) is 0 Å². The van der Waals surface area contributed by atoms with Gasteiger partial charge in [-0.2, -0.15) is 4.31 Å². The quantitative estimate of drug-likeness (QED) is 0.575. The van der Waals surface area contributed by atoms with E-state index in [9.17, 15) is 22.8 Å². The lowest BCUT2D eigenvalue weighted by molar-refractivity contribution is -0.120. The summed E-state index contributed by atoms with van der Waals surface area (Å²) in [4.78, 5) is 40.1. The van der Waals surface area contributed by atoms with Crippen LogP contribution in [0.25, 0.3) is 0 Å². The zero-order chi connectivity index (χ0) is 22.8. The molecule has 0 spiro atoms. The number of amides is 1. The van der Waals surface area contributed by atoms with Crippen molar-refractivity contribution in [2.45, 2.75) is 24.7 Å². The van der Waals surface area contributed by atoms with Gasteiger partial charge in [0.05, 0.1) is 25.8 Å². The van der Waals surface area contributed by atoms with Gasteiger partial charge in [-0.15, -0.1) is 0 Å². The molecule has 1 amide bonds. The highest BCUT2D eigenvalue weighted by Crippen LogP contribution is 2.30. The molecule has 1 atom stereocenters. The number of nitrogens with one attached hydrogen (secondary N) is 3. The second kappa shape index (κ2) is 8.94. The zero-order valence-corrected chi connectivity index (χ0v) is 18.2. The maximum atomic E-state index is 13.1. The van der Waals surface area contributed by atoms with Gasteiger partial charge in [0.1, 0.15) is 11.5 Å². The average molecular weight is 452 g/mol. The van der Waals surface area contributed by atoms with Gasteiger partial charge >= 0.3 is 5.69 Å². The number of methoxy groups -OCH3 is 2. The Bertz CT molecular complexity index is 1200. The number of sulfonamides is 1. The van der Waals surface area contributed by atoms with E-state index < -0.39 is 32.1 Å². The SMILES string of the molecule is COc1ccc(OC)c(NC(=O)[C@@H]2CCCN(S(=O)(=O)c3c(C)[nH]c(=O)[nH]c3=O)C2)c1. The first kappa shape index (κ1) is 22.6. The third kappa shape index (κ3) is 4.64. The molecule has 2 heterocycles. The molecule has 0 radical (unpaired) electrons. The number of rotatable bonds is 6. The number of anilines is 1. The van der Waals surface area contributed by atoms with Crippen LogP contribution >= 0.6 is 0 Å². The molecule has 0 bridgehead atoms. The van der Waals surface area contributed by atoms with Gasteiger partial charge in [0.2, 0.25) is 15.9 Å².